The quantitative estimate of drug-likeness (QED) is 0.726. The van der Waals surface area contributed by atoms with Gasteiger partial charge in [0, 0.05) is 31.0 Å². The van der Waals surface area contributed by atoms with E-state index in [4.69, 9.17) is 10.00 Å². The van der Waals surface area contributed by atoms with Gasteiger partial charge in [-0.05, 0) is 36.6 Å². The maximum atomic E-state index is 13.9. The Balaban J connectivity index is 1.70. The van der Waals surface area contributed by atoms with Crippen LogP contribution in [0, 0.1) is 23.0 Å². The highest BCUT2D eigenvalue weighted by atomic mass is 19.1. The summed E-state index contributed by atoms with van der Waals surface area (Å²) in [6.07, 6.45) is 1.03. The molecule has 27 heavy (non-hydrogen) atoms. The van der Waals surface area contributed by atoms with Gasteiger partial charge < -0.3 is 9.64 Å². The molecule has 6 heteroatoms. The number of rotatable bonds is 5. The van der Waals surface area contributed by atoms with Gasteiger partial charge >= 0.3 is 6.09 Å². The van der Waals surface area contributed by atoms with Crippen molar-refractivity contribution in [2.75, 3.05) is 6.54 Å². The number of benzene rings is 2. The Labute approximate surface area is 157 Å². The minimum Gasteiger partial charge on any atom is -0.446 e. The molecular weight excluding hydrogens is 350 g/mol. The van der Waals surface area contributed by atoms with Gasteiger partial charge in [-0.25, -0.2) is 13.6 Å². The zero-order chi connectivity index (χ0) is 19.4. The van der Waals surface area contributed by atoms with Crippen molar-refractivity contribution in [3.05, 3.63) is 59.7 Å². The summed E-state index contributed by atoms with van der Waals surface area (Å²) < 4.78 is 32.4. The Hall–Kier alpha value is -2.94. The molecule has 2 atom stereocenters. The first kappa shape index (κ1) is 18.8. The highest BCUT2D eigenvalue weighted by Gasteiger charge is 2.30. The van der Waals surface area contributed by atoms with E-state index in [1.54, 1.807) is 17.0 Å². The van der Waals surface area contributed by atoms with E-state index in [1.807, 2.05) is 19.1 Å². The summed E-state index contributed by atoms with van der Waals surface area (Å²) >= 11 is 0. The number of hydrogen-bond acceptors (Lipinski definition) is 3. The lowest BCUT2D eigenvalue weighted by molar-refractivity contribution is 0.0106. The summed E-state index contributed by atoms with van der Waals surface area (Å²) in [6.45, 7) is 2.47. The molecule has 1 aliphatic heterocycles. The summed E-state index contributed by atoms with van der Waals surface area (Å²) in [5.74, 6) is -1.23. The number of ether oxygens (including phenoxy) is 1. The molecule has 0 spiro atoms. The zero-order valence-electron chi connectivity index (χ0n) is 15.0. The number of carbonyl (C=O) groups excluding carboxylic acids is 1. The molecule has 0 N–H and O–H groups in total. The predicted octanol–water partition coefficient (Wildman–Crippen LogP) is 5.21. The highest BCUT2D eigenvalue weighted by Crippen LogP contribution is 2.29. The fourth-order valence-electron chi connectivity index (χ4n) is 3.27. The van der Waals surface area contributed by atoms with Crippen LogP contribution in [0.25, 0.3) is 11.1 Å². The maximum Gasteiger partial charge on any atom is 0.410 e. The van der Waals surface area contributed by atoms with Gasteiger partial charge in [0.1, 0.15) is 17.7 Å². The SMILES string of the molecule is CC(c1ccc(-c2ccc(F)cc2F)cc1)N1CCC(CCC#N)OC1=O. The van der Waals surface area contributed by atoms with Gasteiger partial charge in [-0.3, -0.25) is 0 Å². The molecule has 1 aliphatic rings. The molecule has 2 aromatic rings. The Morgan fingerprint density at radius 2 is 2.00 bits per heavy atom. The lowest BCUT2D eigenvalue weighted by Crippen LogP contribution is -2.43. The fourth-order valence-corrected chi connectivity index (χ4v) is 3.27. The summed E-state index contributed by atoms with van der Waals surface area (Å²) in [5.41, 5.74) is 1.86. The first-order valence-electron chi connectivity index (χ1n) is 8.89. The van der Waals surface area contributed by atoms with Crippen LogP contribution in [0.3, 0.4) is 0 Å². The largest absolute Gasteiger partial charge is 0.446 e. The van der Waals surface area contributed by atoms with Crippen LogP contribution in [0.5, 0.6) is 0 Å². The number of carbonyl (C=O) groups is 1. The van der Waals surface area contributed by atoms with E-state index in [0.29, 0.717) is 36.9 Å². The molecule has 1 saturated heterocycles. The molecule has 0 aromatic heterocycles. The smallest absolute Gasteiger partial charge is 0.410 e. The van der Waals surface area contributed by atoms with E-state index in [9.17, 15) is 13.6 Å². The molecule has 0 saturated carbocycles. The minimum absolute atomic E-state index is 0.193. The van der Waals surface area contributed by atoms with Crippen molar-refractivity contribution < 1.29 is 18.3 Å². The van der Waals surface area contributed by atoms with E-state index in [0.717, 1.165) is 11.6 Å². The van der Waals surface area contributed by atoms with E-state index < -0.39 is 11.6 Å². The van der Waals surface area contributed by atoms with Gasteiger partial charge in [0.2, 0.25) is 0 Å². The monoisotopic (exact) mass is 370 g/mol. The van der Waals surface area contributed by atoms with Crippen LogP contribution >= 0.6 is 0 Å². The third-order valence-corrected chi connectivity index (χ3v) is 4.87. The maximum absolute atomic E-state index is 13.9. The molecule has 0 bridgehead atoms. The first-order chi connectivity index (χ1) is 13.0. The van der Waals surface area contributed by atoms with E-state index in [2.05, 4.69) is 6.07 Å². The van der Waals surface area contributed by atoms with Crippen LogP contribution in [-0.2, 0) is 4.74 Å². The third-order valence-electron chi connectivity index (χ3n) is 4.87. The van der Waals surface area contributed by atoms with E-state index in [-0.39, 0.29) is 18.2 Å². The second-order valence-electron chi connectivity index (χ2n) is 6.61. The summed E-state index contributed by atoms with van der Waals surface area (Å²) in [5, 5.41) is 8.64. The lowest BCUT2D eigenvalue weighted by atomic mass is 9.99. The van der Waals surface area contributed by atoms with Gasteiger partial charge in [0.25, 0.3) is 0 Å². The average molecular weight is 370 g/mol. The van der Waals surface area contributed by atoms with Gasteiger partial charge in [-0.2, -0.15) is 5.26 Å². The standard InChI is InChI=1S/C21H20F2N2O2/c1-14(25-12-10-18(3-2-11-24)27-21(25)26)15-4-6-16(7-5-15)19-9-8-17(22)13-20(19)23/h4-9,13-14,18H,2-3,10,12H2,1H3. The third kappa shape index (κ3) is 4.25. The molecule has 1 amide bonds. The van der Waals surface area contributed by atoms with E-state index in [1.165, 1.54) is 12.1 Å². The molecular formula is C21H20F2N2O2. The number of amides is 1. The van der Waals surface area contributed by atoms with Crippen LogP contribution in [0.4, 0.5) is 13.6 Å². The van der Waals surface area contributed by atoms with Gasteiger partial charge in [0.15, 0.2) is 0 Å². The van der Waals surface area contributed by atoms with Crippen LogP contribution < -0.4 is 0 Å². The molecule has 140 valence electrons. The molecule has 2 unspecified atom stereocenters. The molecule has 2 aromatic carbocycles. The molecule has 3 rings (SSSR count). The molecule has 0 aliphatic carbocycles. The van der Waals surface area contributed by atoms with Gasteiger partial charge in [-0.1, -0.05) is 24.3 Å². The van der Waals surface area contributed by atoms with Crippen molar-refractivity contribution in [2.45, 2.75) is 38.3 Å². The second-order valence-corrected chi connectivity index (χ2v) is 6.61. The number of cyclic esters (lactones) is 1. The highest BCUT2D eigenvalue weighted by molar-refractivity contribution is 5.69. The van der Waals surface area contributed by atoms with Crippen molar-refractivity contribution in [1.29, 1.82) is 5.26 Å². The van der Waals surface area contributed by atoms with Crippen molar-refractivity contribution in [3.63, 3.8) is 0 Å². The Morgan fingerprint density at radius 1 is 1.26 bits per heavy atom. The van der Waals surface area contributed by atoms with Gasteiger partial charge in [0.05, 0.1) is 12.1 Å². The van der Waals surface area contributed by atoms with Crippen LogP contribution in [0.15, 0.2) is 42.5 Å². The van der Waals surface area contributed by atoms with Crippen molar-refractivity contribution in [3.8, 4) is 17.2 Å². The normalized spacial score (nSPS) is 17.9. The predicted molar refractivity (Wildman–Crippen MR) is 96.6 cm³/mol. The van der Waals surface area contributed by atoms with Crippen LogP contribution in [0.2, 0.25) is 0 Å². The van der Waals surface area contributed by atoms with Crippen LogP contribution in [0.1, 0.15) is 37.8 Å². The Morgan fingerprint density at radius 3 is 2.63 bits per heavy atom. The summed E-state index contributed by atoms with van der Waals surface area (Å²) in [6, 6.07) is 12.5. The van der Waals surface area contributed by atoms with Gasteiger partial charge in [-0.15, -0.1) is 0 Å². The molecule has 1 fully saturated rings. The summed E-state index contributed by atoms with van der Waals surface area (Å²) in [7, 11) is 0. The van der Waals surface area contributed by atoms with Crippen molar-refractivity contribution >= 4 is 6.09 Å². The Bertz CT molecular complexity index is 861. The van der Waals surface area contributed by atoms with E-state index >= 15 is 0 Å². The fraction of sp³-hybridized carbons (Fsp3) is 0.333. The molecule has 4 nitrogen and oxygen atoms in total. The molecule has 0 radical (unpaired) electrons. The topological polar surface area (TPSA) is 53.3 Å². The zero-order valence-corrected chi connectivity index (χ0v) is 15.0. The Kier molecular flexibility index (Phi) is 5.70. The number of nitrogens with zero attached hydrogens (tertiary/aromatic N) is 2. The molecule has 1 heterocycles. The minimum atomic E-state index is -0.613. The summed E-state index contributed by atoms with van der Waals surface area (Å²) in [4.78, 5) is 13.9. The van der Waals surface area contributed by atoms with Crippen LogP contribution in [-0.4, -0.2) is 23.6 Å². The first-order valence-corrected chi connectivity index (χ1v) is 8.89. The number of halogens is 2. The van der Waals surface area contributed by atoms with Crippen molar-refractivity contribution in [2.24, 2.45) is 0 Å². The van der Waals surface area contributed by atoms with Crippen molar-refractivity contribution in [1.82, 2.24) is 4.90 Å². The second kappa shape index (κ2) is 8.17. The average Bonchev–Trinajstić information content (AvgIpc) is 2.66. The number of hydrogen-bond donors (Lipinski definition) is 0. The lowest BCUT2D eigenvalue weighted by Gasteiger charge is -2.35. The number of nitriles is 1.